The first-order valence-electron chi connectivity index (χ1n) is 5.53. The second-order valence-corrected chi connectivity index (χ2v) is 5.42. The van der Waals surface area contributed by atoms with Crippen molar-refractivity contribution in [1.82, 2.24) is 9.36 Å². The van der Waals surface area contributed by atoms with Crippen molar-refractivity contribution in [3.05, 3.63) is 30.3 Å². The molecule has 0 amide bonds. The van der Waals surface area contributed by atoms with Crippen molar-refractivity contribution in [2.75, 3.05) is 4.31 Å². The number of hydrogen-bond acceptors (Lipinski definition) is 5. The monoisotopic (exact) mass is 313 g/mol. The summed E-state index contributed by atoms with van der Waals surface area (Å²) in [5.74, 6) is -0.831. The highest BCUT2D eigenvalue weighted by atomic mass is 32.2. The fraction of sp³-hybridized carbons (Fsp3) is 0.182. The molecular formula is C11H11N3O4S2. The third kappa shape index (κ3) is 3.00. The fourth-order valence-electron chi connectivity index (χ4n) is 1.48. The van der Waals surface area contributed by atoms with Gasteiger partial charge in [-0.1, -0.05) is 30.3 Å². The number of aromatic nitrogens is 2. The van der Waals surface area contributed by atoms with Crippen LogP contribution in [0.25, 0.3) is 11.4 Å². The summed E-state index contributed by atoms with van der Waals surface area (Å²) in [6.45, 7) is 1.31. The number of nitrogens with zero attached hydrogens (tertiary/aromatic N) is 3. The topological polar surface area (TPSA) is 104 Å². The normalized spacial score (nSPS) is 13.7. The van der Waals surface area contributed by atoms with Crippen molar-refractivity contribution in [3.63, 3.8) is 0 Å². The minimum absolute atomic E-state index is 0.0830. The van der Waals surface area contributed by atoms with Crippen molar-refractivity contribution in [2.24, 2.45) is 0 Å². The lowest BCUT2D eigenvalue weighted by atomic mass is 10.2. The van der Waals surface area contributed by atoms with E-state index in [9.17, 15) is 13.6 Å². The first-order chi connectivity index (χ1) is 9.50. The van der Waals surface area contributed by atoms with Crippen LogP contribution in [-0.4, -0.2) is 35.2 Å². The molecule has 1 aromatic carbocycles. The summed E-state index contributed by atoms with van der Waals surface area (Å²) < 4.78 is 25.4. The molecule has 0 bridgehead atoms. The Labute approximate surface area is 121 Å². The van der Waals surface area contributed by atoms with E-state index in [2.05, 4.69) is 9.36 Å². The van der Waals surface area contributed by atoms with Crippen LogP contribution in [0.2, 0.25) is 0 Å². The molecule has 0 fully saturated rings. The van der Waals surface area contributed by atoms with Crippen LogP contribution in [0, 0.1) is 0 Å². The van der Waals surface area contributed by atoms with Gasteiger partial charge in [-0.25, -0.2) is 13.3 Å². The molecule has 0 saturated heterocycles. The first kappa shape index (κ1) is 14.6. The minimum atomic E-state index is -2.49. The number of carboxylic acids is 1. The van der Waals surface area contributed by atoms with E-state index < -0.39 is 23.3 Å². The largest absolute Gasteiger partial charge is 0.480 e. The van der Waals surface area contributed by atoms with E-state index in [1.165, 1.54) is 6.92 Å². The summed E-state index contributed by atoms with van der Waals surface area (Å²) >= 11 is -1.61. The van der Waals surface area contributed by atoms with Gasteiger partial charge in [0.15, 0.2) is 5.82 Å². The molecule has 0 aliphatic carbocycles. The Hall–Kier alpha value is -1.84. The summed E-state index contributed by atoms with van der Waals surface area (Å²) in [6, 6.07) is 7.89. The lowest BCUT2D eigenvalue weighted by Crippen LogP contribution is -2.40. The van der Waals surface area contributed by atoms with E-state index in [-0.39, 0.29) is 5.13 Å². The zero-order valence-electron chi connectivity index (χ0n) is 10.3. The summed E-state index contributed by atoms with van der Waals surface area (Å²) in [4.78, 5) is 15.1. The Morgan fingerprint density at radius 2 is 2.05 bits per heavy atom. The van der Waals surface area contributed by atoms with E-state index in [0.717, 1.165) is 21.4 Å². The van der Waals surface area contributed by atoms with Gasteiger partial charge in [-0.05, 0) is 6.92 Å². The Balaban J connectivity index is 2.35. The number of aliphatic carboxylic acids is 1. The summed E-state index contributed by atoms with van der Waals surface area (Å²) in [5.41, 5.74) is 0.752. The summed E-state index contributed by atoms with van der Waals surface area (Å²) in [5, 5.41) is 9.04. The van der Waals surface area contributed by atoms with Gasteiger partial charge in [0, 0.05) is 17.1 Å². The van der Waals surface area contributed by atoms with Crippen molar-refractivity contribution in [1.29, 1.82) is 0 Å². The van der Waals surface area contributed by atoms with Crippen molar-refractivity contribution in [3.8, 4) is 11.4 Å². The Kier molecular flexibility index (Phi) is 4.42. The van der Waals surface area contributed by atoms with Crippen LogP contribution in [0.5, 0.6) is 0 Å². The van der Waals surface area contributed by atoms with Crippen LogP contribution in [-0.2, 0) is 16.1 Å². The third-order valence-corrected chi connectivity index (χ3v) is 4.17. The molecule has 0 spiro atoms. The standard InChI is InChI=1S/C11H11N3O4S2/c1-7(10(15)16)14(20(17)18)11-12-9(13-19-11)8-5-3-2-4-6-8/h2-7H,1H3,(H,15,16)(H,17,18). The van der Waals surface area contributed by atoms with Gasteiger partial charge in [0.25, 0.3) is 11.3 Å². The van der Waals surface area contributed by atoms with Crippen LogP contribution in [0.1, 0.15) is 6.92 Å². The van der Waals surface area contributed by atoms with Crippen molar-refractivity contribution < 1.29 is 18.7 Å². The van der Waals surface area contributed by atoms with Crippen LogP contribution < -0.4 is 4.31 Å². The molecule has 2 unspecified atom stereocenters. The predicted octanol–water partition coefficient (Wildman–Crippen LogP) is 1.62. The number of anilines is 1. The van der Waals surface area contributed by atoms with Crippen molar-refractivity contribution >= 4 is 33.9 Å². The molecule has 2 atom stereocenters. The van der Waals surface area contributed by atoms with E-state index in [1.807, 2.05) is 18.2 Å². The van der Waals surface area contributed by atoms with E-state index in [0.29, 0.717) is 5.82 Å². The molecule has 9 heteroatoms. The summed E-state index contributed by atoms with van der Waals surface area (Å²) in [6.07, 6.45) is 0. The molecule has 1 aromatic heterocycles. The Bertz CT molecular complexity index is 632. The lowest BCUT2D eigenvalue weighted by Gasteiger charge is -2.19. The zero-order chi connectivity index (χ0) is 14.7. The second-order valence-electron chi connectivity index (χ2n) is 3.84. The molecule has 2 rings (SSSR count). The fourth-order valence-corrected chi connectivity index (χ4v) is 2.98. The molecule has 0 saturated carbocycles. The van der Waals surface area contributed by atoms with Gasteiger partial charge in [-0.15, -0.1) is 0 Å². The smallest absolute Gasteiger partial charge is 0.327 e. The zero-order valence-corrected chi connectivity index (χ0v) is 12.0. The SMILES string of the molecule is CC(C(=O)O)N(c1nc(-c2ccccc2)ns1)S(=O)O. The maximum Gasteiger partial charge on any atom is 0.327 e. The number of carboxylic acid groups (broad SMARTS) is 1. The van der Waals surface area contributed by atoms with E-state index in [4.69, 9.17) is 5.11 Å². The van der Waals surface area contributed by atoms with Gasteiger partial charge in [-0.3, -0.25) is 4.55 Å². The van der Waals surface area contributed by atoms with E-state index in [1.54, 1.807) is 12.1 Å². The molecule has 1 heterocycles. The van der Waals surface area contributed by atoms with Crippen molar-refractivity contribution in [2.45, 2.75) is 13.0 Å². The average molecular weight is 313 g/mol. The number of rotatable bonds is 5. The number of benzene rings is 1. The average Bonchev–Trinajstić information content (AvgIpc) is 2.88. The Morgan fingerprint density at radius 3 is 2.60 bits per heavy atom. The molecule has 7 nitrogen and oxygen atoms in total. The molecule has 2 N–H and O–H groups in total. The van der Waals surface area contributed by atoms with Crippen LogP contribution >= 0.6 is 11.5 Å². The van der Waals surface area contributed by atoms with Crippen LogP contribution in [0.15, 0.2) is 30.3 Å². The van der Waals surface area contributed by atoms with Crippen LogP contribution in [0.3, 0.4) is 0 Å². The third-order valence-electron chi connectivity index (χ3n) is 2.51. The molecular weight excluding hydrogens is 302 g/mol. The first-order valence-corrected chi connectivity index (χ1v) is 7.36. The minimum Gasteiger partial charge on any atom is -0.480 e. The molecule has 2 aromatic rings. The molecule has 0 aliphatic heterocycles. The van der Waals surface area contributed by atoms with E-state index >= 15 is 0 Å². The van der Waals surface area contributed by atoms with Crippen LogP contribution in [0.4, 0.5) is 5.13 Å². The highest BCUT2D eigenvalue weighted by molar-refractivity contribution is 7.81. The molecule has 0 radical (unpaired) electrons. The maximum absolute atomic E-state index is 11.3. The maximum atomic E-state index is 11.3. The Morgan fingerprint density at radius 1 is 1.40 bits per heavy atom. The predicted molar refractivity (Wildman–Crippen MR) is 75.7 cm³/mol. The highest BCUT2D eigenvalue weighted by Crippen LogP contribution is 2.26. The number of hydrogen-bond donors (Lipinski definition) is 2. The molecule has 106 valence electrons. The summed E-state index contributed by atoms with van der Waals surface area (Å²) in [7, 11) is 0. The lowest BCUT2D eigenvalue weighted by molar-refractivity contribution is -0.137. The van der Waals surface area contributed by atoms with Gasteiger partial charge in [-0.2, -0.15) is 9.36 Å². The molecule has 20 heavy (non-hydrogen) atoms. The second kappa shape index (κ2) is 6.07. The number of carbonyl (C=O) groups is 1. The van der Waals surface area contributed by atoms with Gasteiger partial charge in [0.2, 0.25) is 5.13 Å². The van der Waals surface area contributed by atoms with Gasteiger partial charge < -0.3 is 5.11 Å². The van der Waals surface area contributed by atoms with Gasteiger partial charge in [0.1, 0.15) is 6.04 Å². The molecule has 0 aliphatic rings. The van der Waals surface area contributed by atoms with Gasteiger partial charge >= 0.3 is 5.97 Å². The highest BCUT2D eigenvalue weighted by Gasteiger charge is 2.28. The quantitative estimate of drug-likeness (QED) is 0.813. The van der Waals surface area contributed by atoms with Gasteiger partial charge in [0.05, 0.1) is 0 Å².